The fourth-order valence-corrected chi connectivity index (χ4v) is 3.89. The molecule has 0 bridgehead atoms. The molecule has 0 unspecified atom stereocenters. The van der Waals surface area contributed by atoms with Gasteiger partial charge in [-0.15, -0.1) is 0 Å². The highest BCUT2D eigenvalue weighted by Gasteiger charge is 2.40. The van der Waals surface area contributed by atoms with Gasteiger partial charge in [-0.1, -0.05) is 28.1 Å². The Hall–Kier alpha value is -2.15. The normalized spacial score (nSPS) is 20.6. The summed E-state index contributed by atoms with van der Waals surface area (Å²) in [5.74, 6) is 0.589. The summed E-state index contributed by atoms with van der Waals surface area (Å²) >= 11 is 3.48. The van der Waals surface area contributed by atoms with Gasteiger partial charge in [-0.2, -0.15) is 0 Å². The van der Waals surface area contributed by atoms with Crippen LogP contribution in [0.25, 0.3) is 21.8 Å². The first-order valence-electron chi connectivity index (χ1n) is 8.93. The van der Waals surface area contributed by atoms with Crippen molar-refractivity contribution in [3.8, 4) is 0 Å². The zero-order valence-corrected chi connectivity index (χ0v) is 17.0. The van der Waals surface area contributed by atoms with Crippen LogP contribution in [0.5, 0.6) is 0 Å². The van der Waals surface area contributed by atoms with Crippen LogP contribution in [0.15, 0.2) is 34.8 Å². The molecule has 0 saturated carbocycles. The molecule has 1 fully saturated rings. The number of H-pyrrole nitrogens is 1. The zero-order chi connectivity index (χ0) is 19.3. The number of benzene rings is 2. The van der Waals surface area contributed by atoms with Gasteiger partial charge in [0.05, 0.1) is 23.6 Å². The van der Waals surface area contributed by atoms with Gasteiger partial charge in [0.25, 0.3) is 0 Å². The number of alkyl halides is 1. The number of carbonyl (C=O) groups excluding carboxylic acids is 1. The number of imidazole rings is 1. The lowest BCUT2D eigenvalue weighted by Crippen LogP contribution is -2.37. The largest absolute Gasteiger partial charge is 0.444 e. The number of carbonyl (C=O) groups is 1. The molecule has 0 radical (unpaired) electrons. The van der Waals surface area contributed by atoms with Gasteiger partial charge in [0.1, 0.15) is 17.6 Å². The first-order valence-corrected chi connectivity index (χ1v) is 9.72. The zero-order valence-electron chi connectivity index (χ0n) is 15.4. The average Bonchev–Trinajstić information content (AvgIpc) is 3.16. The molecule has 1 N–H and O–H groups in total. The summed E-state index contributed by atoms with van der Waals surface area (Å²) in [4.78, 5) is 22.0. The first-order chi connectivity index (χ1) is 12.7. The van der Waals surface area contributed by atoms with E-state index in [0.29, 0.717) is 5.82 Å². The minimum atomic E-state index is -1.09. The molecule has 3 aromatic rings. The highest BCUT2D eigenvalue weighted by molar-refractivity contribution is 9.10. The first kappa shape index (κ1) is 18.2. The van der Waals surface area contributed by atoms with E-state index >= 15 is 0 Å². The highest BCUT2D eigenvalue weighted by Crippen LogP contribution is 2.35. The minimum absolute atomic E-state index is 0.0182. The number of aromatic amines is 1. The van der Waals surface area contributed by atoms with E-state index in [2.05, 4.69) is 20.9 Å². The Morgan fingerprint density at radius 2 is 2.11 bits per heavy atom. The van der Waals surface area contributed by atoms with Crippen molar-refractivity contribution in [2.24, 2.45) is 0 Å². The second kappa shape index (κ2) is 6.48. The molecule has 5 nitrogen and oxygen atoms in total. The summed E-state index contributed by atoms with van der Waals surface area (Å²) < 4.78 is 20.6. The highest BCUT2D eigenvalue weighted by atomic mass is 79.9. The van der Waals surface area contributed by atoms with Crippen molar-refractivity contribution in [1.82, 2.24) is 14.9 Å². The Kier molecular flexibility index (Phi) is 4.37. The smallest absolute Gasteiger partial charge is 0.411 e. The van der Waals surface area contributed by atoms with Crippen LogP contribution >= 0.6 is 15.9 Å². The fraction of sp³-hybridized carbons (Fsp3) is 0.400. The molecule has 1 aromatic heterocycles. The number of likely N-dealkylation sites (tertiary alicyclic amines) is 1. The van der Waals surface area contributed by atoms with Gasteiger partial charge < -0.3 is 9.72 Å². The van der Waals surface area contributed by atoms with Crippen LogP contribution in [-0.4, -0.2) is 39.3 Å². The Morgan fingerprint density at radius 3 is 2.85 bits per heavy atom. The second-order valence-electron chi connectivity index (χ2n) is 7.93. The monoisotopic (exact) mass is 433 g/mol. The molecule has 7 heteroatoms. The van der Waals surface area contributed by atoms with Crippen LogP contribution in [0.3, 0.4) is 0 Å². The Bertz CT molecular complexity index is 1030. The van der Waals surface area contributed by atoms with Gasteiger partial charge in [0, 0.05) is 16.3 Å². The molecule has 0 aliphatic carbocycles. The maximum absolute atomic E-state index is 14.2. The Balaban J connectivity index is 1.73. The molecule has 142 valence electrons. The summed E-state index contributed by atoms with van der Waals surface area (Å²) in [7, 11) is 0. The Morgan fingerprint density at radius 1 is 1.33 bits per heavy atom. The summed E-state index contributed by atoms with van der Waals surface area (Å²) in [6, 6.07) is 9.51. The maximum atomic E-state index is 14.2. The number of nitrogens with one attached hydrogen (secondary N) is 1. The molecule has 1 saturated heterocycles. The van der Waals surface area contributed by atoms with Crippen molar-refractivity contribution in [2.75, 3.05) is 6.54 Å². The maximum Gasteiger partial charge on any atom is 0.411 e. The molecule has 27 heavy (non-hydrogen) atoms. The van der Waals surface area contributed by atoms with E-state index < -0.39 is 23.9 Å². The number of nitrogens with zero attached hydrogens (tertiary/aromatic N) is 2. The molecule has 2 heterocycles. The number of halogens is 2. The van der Waals surface area contributed by atoms with Crippen molar-refractivity contribution in [3.05, 3.63) is 40.6 Å². The van der Waals surface area contributed by atoms with E-state index in [0.717, 1.165) is 26.3 Å². The van der Waals surface area contributed by atoms with E-state index in [-0.39, 0.29) is 13.0 Å². The number of amides is 1. The summed E-state index contributed by atoms with van der Waals surface area (Å²) in [6.45, 7) is 5.42. The molecular weight excluding hydrogens is 413 g/mol. The summed E-state index contributed by atoms with van der Waals surface area (Å²) in [6.07, 6.45) is -1.40. The van der Waals surface area contributed by atoms with E-state index in [9.17, 15) is 9.18 Å². The van der Waals surface area contributed by atoms with Gasteiger partial charge in [-0.25, -0.2) is 14.2 Å². The molecule has 0 spiro atoms. The second-order valence-corrected chi connectivity index (χ2v) is 8.85. The number of fused-ring (bicyclic) bond motifs is 3. The van der Waals surface area contributed by atoms with Gasteiger partial charge >= 0.3 is 6.09 Å². The van der Waals surface area contributed by atoms with E-state index in [1.54, 1.807) is 20.8 Å². The lowest BCUT2D eigenvalue weighted by Gasteiger charge is -2.27. The predicted molar refractivity (Wildman–Crippen MR) is 106 cm³/mol. The fourth-order valence-electron chi connectivity index (χ4n) is 3.52. The van der Waals surface area contributed by atoms with Gasteiger partial charge in [0.2, 0.25) is 0 Å². The topological polar surface area (TPSA) is 58.2 Å². The Labute approximate surface area is 165 Å². The van der Waals surface area contributed by atoms with Gasteiger partial charge in [0.15, 0.2) is 0 Å². The van der Waals surface area contributed by atoms with Crippen molar-refractivity contribution >= 4 is 43.8 Å². The lowest BCUT2D eigenvalue weighted by molar-refractivity contribution is 0.0211. The van der Waals surface area contributed by atoms with Crippen LogP contribution in [0.2, 0.25) is 0 Å². The summed E-state index contributed by atoms with van der Waals surface area (Å²) in [5.41, 5.74) is 1.06. The summed E-state index contributed by atoms with van der Waals surface area (Å²) in [5, 5.41) is 2.07. The molecule has 1 aliphatic rings. The number of hydrogen-bond acceptors (Lipinski definition) is 3. The third kappa shape index (κ3) is 3.52. The van der Waals surface area contributed by atoms with Crippen molar-refractivity contribution in [3.63, 3.8) is 0 Å². The molecule has 2 atom stereocenters. The van der Waals surface area contributed by atoms with Crippen LogP contribution in [0.4, 0.5) is 9.18 Å². The minimum Gasteiger partial charge on any atom is -0.444 e. The number of ether oxygens (including phenoxy) is 1. The van der Waals surface area contributed by atoms with Crippen LogP contribution in [0, 0.1) is 0 Å². The molecule has 1 amide bonds. The number of rotatable bonds is 1. The van der Waals surface area contributed by atoms with Crippen LogP contribution < -0.4 is 0 Å². The van der Waals surface area contributed by atoms with Gasteiger partial charge in [-0.3, -0.25) is 4.90 Å². The lowest BCUT2D eigenvalue weighted by atomic mass is 10.1. The van der Waals surface area contributed by atoms with Crippen LogP contribution in [-0.2, 0) is 4.74 Å². The molecule has 1 aliphatic heterocycles. The predicted octanol–water partition coefficient (Wildman–Crippen LogP) is 5.50. The standard InChI is InChI=1S/C20H21BrFN3O2/c1-20(2,3)27-19(26)25-10-13(22)9-16(25)18-23-15-7-4-11-8-12(21)5-6-14(11)17(15)24-18/h4-8,13,16H,9-10H2,1-3H3,(H,23,24)/t13-,16+/m1/s1. The number of aromatic nitrogens is 2. The third-order valence-electron chi connectivity index (χ3n) is 4.64. The van der Waals surface area contributed by atoms with E-state index in [1.165, 1.54) is 4.90 Å². The molecule has 4 rings (SSSR count). The third-order valence-corrected chi connectivity index (χ3v) is 5.14. The number of hydrogen-bond donors (Lipinski definition) is 1. The van der Waals surface area contributed by atoms with E-state index in [4.69, 9.17) is 9.72 Å². The SMILES string of the molecule is CC(C)(C)OC(=O)N1C[C@H](F)C[C@H]1c1nc2c(ccc3cc(Br)ccc32)[nH]1. The quantitative estimate of drug-likeness (QED) is 0.551. The van der Waals surface area contributed by atoms with Crippen molar-refractivity contribution in [1.29, 1.82) is 0 Å². The van der Waals surface area contributed by atoms with Crippen molar-refractivity contribution < 1.29 is 13.9 Å². The van der Waals surface area contributed by atoms with Crippen molar-refractivity contribution in [2.45, 2.75) is 45.0 Å². The van der Waals surface area contributed by atoms with Crippen LogP contribution in [0.1, 0.15) is 39.1 Å². The molecule has 2 aromatic carbocycles. The van der Waals surface area contributed by atoms with E-state index in [1.807, 2.05) is 30.3 Å². The van der Waals surface area contributed by atoms with Gasteiger partial charge in [-0.05, 0) is 44.4 Å². The average molecular weight is 434 g/mol. The molecular formula is C20H21BrFN3O2.